The third kappa shape index (κ3) is 4.93. The second-order valence-corrected chi connectivity index (χ2v) is 8.69. The Morgan fingerprint density at radius 2 is 1.67 bits per heavy atom. The van der Waals surface area contributed by atoms with E-state index in [1.54, 1.807) is 56.7 Å². The van der Waals surface area contributed by atoms with E-state index < -0.39 is 0 Å². The van der Waals surface area contributed by atoms with Crippen molar-refractivity contribution in [3.8, 4) is 34.6 Å². The topological polar surface area (TPSA) is 73.0 Å². The van der Waals surface area contributed by atoms with E-state index in [0.29, 0.717) is 49.4 Å². The molecule has 33 heavy (non-hydrogen) atoms. The minimum absolute atomic E-state index is 0.468. The summed E-state index contributed by atoms with van der Waals surface area (Å²) < 4.78 is 12.8. The Kier molecular flexibility index (Phi) is 7.09. The predicted molar refractivity (Wildman–Crippen MR) is 131 cm³/mol. The van der Waals surface area contributed by atoms with Crippen LogP contribution in [0.4, 0.5) is 0 Å². The predicted octanol–water partition coefficient (Wildman–Crippen LogP) is 6.42. The highest BCUT2D eigenvalue weighted by molar-refractivity contribution is 7.98. The van der Waals surface area contributed by atoms with Crippen molar-refractivity contribution in [2.24, 2.45) is 0 Å². The summed E-state index contributed by atoms with van der Waals surface area (Å²) in [6.45, 7) is 0. The van der Waals surface area contributed by atoms with Crippen molar-refractivity contribution < 1.29 is 9.47 Å². The summed E-state index contributed by atoms with van der Waals surface area (Å²) in [5.41, 5.74) is 3.15. The molecule has 4 aromatic rings. The second-order valence-electron chi connectivity index (χ2n) is 6.90. The molecule has 1 heterocycles. The van der Waals surface area contributed by atoms with E-state index in [1.165, 1.54) is 11.8 Å². The number of nitriles is 1. The number of aromatic nitrogens is 3. The van der Waals surface area contributed by atoms with Gasteiger partial charge in [0.1, 0.15) is 11.5 Å². The number of rotatable bonds is 7. The average Bonchev–Trinajstić information content (AvgIpc) is 3.26. The molecule has 0 spiro atoms. The Bertz CT molecular complexity index is 1330. The Hall–Kier alpha value is -3.18. The van der Waals surface area contributed by atoms with Gasteiger partial charge < -0.3 is 9.47 Å². The summed E-state index contributed by atoms with van der Waals surface area (Å²) in [4.78, 5) is 0. The number of thioether (sulfide) groups is 1. The van der Waals surface area contributed by atoms with Crippen LogP contribution in [0, 0.1) is 11.3 Å². The molecule has 0 bridgehead atoms. The van der Waals surface area contributed by atoms with Gasteiger partial charge in [-0.25, -0.2) is 0 Å². The Labute approximate surface area is 205 Å². The summed E-state index contributed by atoms with van der Waals surface area (Å²) in [6.07, 6.45) is 0. The average molecular weight is 497 g/mol. The molecular formula is C24H18Cl2N4O2S. The molecule has 0 fully saturated rings. The molecule has 0 aliphatic rings. The van der Waals surface area contributed by atoms with Crippen molar-refractivity contribution in [2.45, 2.75) is 10.9 Å². The number of benzene rings is 3. The lowest BCUT2D eigenvalue weighted by Gasteiger charge is -2.14. The van der Waals surface area contributed by atoms with Crippen LogP contribution in [0.2, 0.25) is 10.0 Å². The minimum atomic E-state index is 0.468. The maximum Gasteiger partial charge on any atom is 0.196 e. The van der Waals surface area contributed by atoms with Crippen LogP contribution in [0.5, 0.6) is 11.5 Å². The molecule has 4 rings (SSSR count). The normalized spacial score (nSPS) is 10.6. The van der Waals surface area contributed by atoms with Gasteiger partial charge in [0.05, 0.1) is 42.1 Å². The zero-order chi connectivity index (χ0) is 23.4. The molecule has 0 unspecified atom stereocenters. The second kappa shape index (κ2) is 10.2. The van der Waals surface area contributed by atoms with E-state index in [-0.39, 0.29) is 0 Å². The van der Waals surface area contributed by atoms with Gasteiger partial charge in [-0.1, -0.05) is 47.1 Å². The fourth-order valence-corrected chi connectivity index (χ4v) is 4.58. The van der Waals surface area contributed by atoms with Gasteiger partial charge in [0.15, 0.2) is 11.0 Å². The monoisotopic (exact) mass is 496 g/mol. The molecule has 0 amide bonds. The van der Waals surface area contributed by atoms with Crippen molar-refractivity contribution in [1.82, 2.24) is 14.8 Å². The van der Waals surface area contributed by atoms with E-state index in [2.05, 4.69) is 16.3 Å². The summed E-state index contributed by atoms with van der Waals surface area (Å²) in [6, 6.07) is 20.4. The third-order valence-corrected chi connectivity index (χ3v) is 6.41. The van der Waals surface area contributed by atoms with Crippen LogP contribution in [0.3, 0.4) is 0 Å². The molecule has 0 atom stereocenters. The van der Waals surface area contributed by atoms with Crippen LogP contribution in [-0.2, 0) is 5.75 Å². The van der Waals surface area contributed by atoms with Gasteiger partial charge in [0.25, 0.3) is 0 Å². The SMILES string of the molecule is COc1ccc(-n2c(SCc3ccc(C#N)cc3)nnc2-c2cc(Cl)ccc2OC)cc1Cl. The maximum absolute atomic E-state index is 9.02. The largest absolute Gasteiger partial charge is 0.496 e. The van der Waals surface area contributed by atoms with E-state index in [1.807, 2.05) is 22.8 Å². The Balaban J connectivity index is 1.79. The molecule has 1 aromatic heterocycles. The van der Waals surface area contributed by atoms with E-state index in [9.17, 15) is 0 Å². The first-order valence-corrected chi connectivity index (χ1v) is 11.5. The van der Waals surface area contributed by atoms with Crippen molar-refractivity contribution >= 4 is 35.0 Å². The van der Waals surface area contributed by atoms with Gasteiger partial charge in [-0.15, -0.1) is 10.2 Å². The van der Waals surface area contributed by atoms with Gasteiger partial charge in [-0.05, 0) is 54.1 Å². The number of nitrogens with zero attached hydrogens (tertiary/aromatic N) is 4. The van der Waals surface area contributed by atoms with Gasteiger partial charge in [-0.2, -0.15) is 5.26 Å². The zero-order valence-corrected chi connectivity index (χ0v) is 20.1. The number of hydrogen-bond acceptors (Lipinski definition) is 6. The molecular weight excluding hydrogens is 479 g/mol. The highest BCUT2D eigenvalue weighted by Crippen LogP contribution is 2.37. The highest BCUT2D eigenvalue weighted by Gasteiger charge is 2.20. The summed E-state index contributed by atoms with van der Waals surface area (Å²) in [5.74, 6) is 2.40. The molecule has 6 nitrogen and oxygen atoms in total. The molecule has 0 saturated carbocycles. The lowest BCUT2D eigenvalue weighted by atomic mass is 10.2. The van der Waals surface area contributed by atoms with Crippen molar-refractivity contribution in [2.75, 3.05) is 14.2 Å². The fraction of sp³-hybridized carbons (Fsp3) is 0.125. The van der Waals surface area contributed by atoms with Crippen molar-refractivity contribution in [3.63, 3.8) is 0 Å². The first-order chi connectivity index (χ1) is 16.0. The van der Waals surface area contributed by atoms with Crippen LogP contribution in [-0.4, -0.2) is 29.0 Å². The van der Waals surface area contributed by atoms with Gasteiger partial charge in [0, 0.05) is 10.8 Å². The smallest absolute Gasteiger partial charge is 0.196 e. The lowest BCUT2D eigenvalue weighted by Crippen LogP contribution is -2.01. The molecule has 166 valence electrons. The Morgan fingerprint density at radius 3 is 2.33 bits per heavy atom. The van der Waals surface area contributed by atoms with E-state index in [0.717, 1.165) is 11.3 Å². The molecule has 0 aliphatic carbocycles. The third-order valence-electron chi connectivity index (χ3n) is 4.88. The molecule has 9 heteroatoms. The number of ether oxygens (including phenoxy) is 2. The quantitative estimate of drug-likeness (QED) is 0.274. The molecule has 0 aliphatic heterocycles. The van der Waals surface area contributed by atoms with Crippen LogP contribution < -0.4 is 9.47 Å². The highest BCUT2D eigenvalue weighted by atomic mass is 35.5. The Morgan fingerprint density at radius 1 is 0.939 bits per heavy atom. The van der Waals surface area contributed by atoms with Crippen molar-refractivity contribution in [3.05, 3.63) is 81.8 Å². The molecule has 0 radical (unpaired) electrons. The number of methoxy groups -OCH3 is 2. The first kappa shape index (κ1) is 23.0. The summed E-state index contributed by atoms with van der Waals surface area (Å²) >= 11 is 14.2. The maximum atomic E-state index is 9.02. The fourth-order valence-electron chi connectivity index (χ4n) is 3.24. The van der Waals surface area contributed by atoms with E-state index in [4.69, 9.17) is 37.9 Å². The van der Waals surface area contributed by atoms with Crippen LogP contribution in [0.15, 0.2) is 65.8 Å². The lowest BCUT2D eigenvalue weighted by molar-refractivity contribution is 0.415. The number of hydrogen-bond donors (Lipinski definition) is 0. The molecule has 3 aromatic carbocycles. The standard InChI is InChI=1S/C24H18Cl2N4O2S/c1-31-21-9-7-17(25)11-19(21)23-28-29-24(33-14-16-5-3-15(13-27)4-6-16)30(23)18-8-10-22(32-2)20(26)12-18/h3-12H,14H2,1-2H3. The van der Waals surface area contributed by atoms with Gasteiger partial charge >= 0.3 is 0 Å². The van der Waals surface area contributed by atoms with Crippen LogP contribution in [0.1, 0.15) is 11.1 Å². The van der Waals surface area contributed by atoms with Crippen LogP contribution in [0.25, 0.3) is 17.1 Å². The summed E-state index contributed by atoms with van der Waals surface area (Å²) in [5, 5.41) is 19.6. The van der Waals surface area contributed by atoms with Gasteiger partial charge in [0.2, 0.25) is 0 Å². The number of halogens is 2. The zero-order valence-electron chi connectivity index (χ0n) is 17.8. The summed E-state index contributed by atoms with van der Waals surface area (Å²) in [7, 11) is 3.17. The molecule has 0 saturated heterocycles. The van der Waals surface area contributed by atoms with Gasteiger partial charge in [-0.3, -0.25) is 4.57 Å². The van der Waals surface area contributed by atoms with Crippen molar-refractivity contribution in [1.29, 1.82) is 5.26 Å². The molecule has 0 N–H and O–H groups in total. The van der Waals surface area contributed by atoms with E-state index >= 15 is 0 Å². The first-order valence-electron chi connectivity index (χ1n) is 9.79. The minimum Gasteiger partial charge on any atom is -0.496 e. The van der Waals surface area contributed by atoms with Crippen LogP contribution >= 0.6 is 35.0 Å².